The highest BCUT2D eigenvalue weighted by Crippen LogP contribution is 2.16. The molecule has 24 heavy (non-hydrogen) atoms. The molecule has 9 heteroatoms. The summed E-state index contributed by atoms with van der Waals surface area (Å²) in [5, 5.41) is 10.6. The summed E-state index contributed by atoms with van der Waals surface area (Å²) in [6.07, 6.45) is 0.281. The lowest BCUT2D eigenvalue weighted by Crippen LogP contribution is -2.31. The van der Waals surface area contributed by atoms with Gasteiger partial charge in [-0.25, -0.2) is 12.7 Å². The van der Waals surface area contributed by atoms with Gasteiger partial charge in [-0.1, -0.05) is 12.1 Å². The molecule has 1 aromatic rings. The highest BCUT2D eigenvalue weighted by molar-refractivity contribution is 7.89. The molecule has 0 saturated carbocycles. The Morgan fingerprint density at radius 3 is 2.25 bits per heavy atom. The maximum absolute atomic E-state index is 12.4. The summed E-state index contributed by atoms with van der Waals surface area (Å²) in [5.74, 6) is -1.74. The topological polar surface area (TPSA) is 121 Å². The molecule has 0 bridgehead atoms. The summed E-state index contributed by atoms with van der Waals surface area (Å²) in [6, 6.07) is 5.62. The van der Waals surface area contributed by atoms with E-state index in [1.807, 2.05) is 0 Å². The average molecular weight is 356 g/mol. The van der Waals surface area contributed by atoms with Gasteiger partial charge in [0.05, 0.1) is 4.90 Å². The smallest absolute Gasteiger partial charge is 0.322 e. The molecule has 0 aromatic heterocycles. The van der Waals surface area contributed by atoms with Gasteiger partial charge < -0.3 is 10.4 Å². The lowest BCUT2D eigenvalue weighted by molar-refractivity contribution is -0.137. The van der Waals surface area contributed by atoms with Crippen molar-refractivity contribution in [1.29, 1.82) is 0 Å². The van der Waals surface area contributed by atoms with E-state index in [0.29, 0.717) is 5.56 Å². The van der Waals surface area contributed by atoms with Gasteiger partial charge in [0.2, 0.25) is 15.9 Å². The first-order valence-electron chi connectivity index (χ1n) is 7.20. The Kier molecular flexibility index (Phi) is 7.05. The summed E-state index contributed by atoms with van der Waals surface area (Å²) >= 11 is 0. The van der Waals surface area contributed by atoms with Crippen LogP contribution in [-0.2, 0) is 19.6 Å². The van der Waals surface area contributed by atoms with Crippen molar-refractivity contribution in [2.75, 3.05) is 20.1 Å². The lowest BCUT2D eigenvalue weighted by Gasteiger charge is -2.17. The molecule has 1 aromatic carbocycles. The van der Waals surface area contributed by atoms with Crippen molar-refractivity contribution < 1.29 is 27.9 Å². The van der Waals surface area contributed by atoms with E-state index in [1.54, 1.807) is 0 Å². The molecule has 0 aliphatic rings. The number of hydrogen-bond acceptors (Lipinski definition) is 5. The third kappa shape index (κ3) is 5.74. The second kappa shape index (κ2) is 8.55. The molecule has 0 radical (unpaired) electrons. The maximum atomic E-state index is 12.4. The SMILES string of the molecule is CC(=O)c1ccc(S(=O)(=O)N(C)CCCC(=O)NCC(=O)O)cc1. The van der Waals surface area contributed by atoms with Crippen molar-refractivity contribution in [3.8, 4) is 0 Å². The van der Waals surface area contributed by atoms with E-state index in [1.165, 1.54) is 38.2 Å². The summed E-state index contributed by atoms with van der Waals surface area (Å²) in [4.78, 5) is 33.0. The fourth-order valence-electron chi connectivity index (χ4n) is 1.89. The van der Waals surface area contributed by atoms with Gasteiger partial charge in [0, 0.05) is 25.6 Å². The van der Waals surface area contributed by atoms with Crippen LogP contribution in [0.2, 0.25) is 0 Å². The molecule has 0 spiro atoms. The van der Waals surface area contributed by atoms with Crippen LogP contribution >= 0.6 is 0 Å². The molecule has 1 amide bonds. The first-order chi connectivity index (χ1) is 11.1. The fraction of sp³-hybridized carbons (Fsp3) is 0.400. The predicted molar refractivity (Wildman–Crippen MR) is 86.1 cm³/mol. The number of rotatable bonds is 9. The van der Waals surface area contributed by atoms with Gasteiger partial charge in [0.25, 0.3) is 0 Å². The molecular formula is C15H20N2O6S. The summed E-state index contributed by atoms with van der Waals surface area (Å²) < 4.78 is 25.8. The van der Waals surface area contributed by atoms with E-state index in [4.69, 9.17) is 5.11 Å². The van der Waals surface area contributed by atoms with Gasteiger partial charge in [-0.3, -0.25) is 14.4 Å². The summed E-state index contributed by atoms with van der Waals surface area (Å²) in [6.45, 7) is 1.04. The number of carboxylic acids is 1. The van der Waals surface area contributed by atoms with Crippen LogP contribution in [-0.4, -0.2) is 55.6 Å². The van der Waals surface area contributed by atoms with E-state index in [2.05, 4.69) is 5.32 Å². The Bertz CT molecular complexity index is 712. The number of carbonyl (C=O) groups excluding carboxylic acids is 2. The number of ketones is 1. The van der Waals surface area contributed by atoms with Crippen LogP contribution in [0.5, 0.6) is 0 Å². The van der Waals surface area contributed by atoms with Crippen molar-refractivity contribution >= 4 is 27.7 Å². The molecule has 0 aliphatic heterocycles. The molecule has 2 N–H and O–H groups in total. The number of nitrogens with one attached hydrogen (secondary N) is 1. The number of aliphatic carboxylic acids is 1. The number of amides is 1. The average Bonchev–Trinajstić information content (AvgIpc) is 2.52. The molecule has 132 valence electrons. The number of carboxylic acid groups (broad SMARTS) is 1. The number of Topliss-reactive ketones (excluding diaryl/α,β-unsaturated/α-hetero) is 1. The molecular weight excluding hydrogens is 336 g/mol. The Morgan fingerprint density at radius 2 is 1.75 bits per heavy atom. The minimum absolute atomic E-state index is 0.0242. The number of carbonyl (C=O) groups is 3. The van der Waals surface area contributed by atoms with Crippen molar-refractivity contribution in [3.05, 3.63) is 29.8 Å². The number of sulfonamides is 1. The van der Waals surface area contributed by atoms with Crippen LogP contribution in [0.4, 0.5) is 0 Å². The van der Waals surface area contributed by atoms with Crippen LogP contribution in [0.25, 0.3) is 0 Å². The van der Waals surface area contributed by atoms with E-state index >= 15 is 0 Å². The van der Waals surface area contributed by atoms with Gasteiger partial charge in [-0.05, 0) is 25.5 Å². The van der Waals surface area contributed by atoms with E-state index in [9.17, 15) is 22.8 Å². The van der Waals surface area contributed by atoms with Gasteiger partial charge in [-0.15, -0.1) is 0 Å². The Labute approximate surface area is 140 Å². The molecule has 0 fully saturated rings. The van der Waals surface area contributed by atoms with Crippen molar-refractivity contribution in [1.82, 2.24) is 9.62 Å². The standard InChI is InChI=1S/C15H20N2O6S/c1-11(18)12-5-7-13(8-6-12)24(22,23)17(2)9-3-4-14(19)16-10-15(20)21/h5-8H,3-4,9-10H2,1-2H3,(H,16,19)(H,20,21). The highest BCUT2D eigenvalue weighted by atomic mass is 32.2. The summed E-state index contributed by atoms with van der Waals surface area (Å²) in [5.41, 5.74) is 0.423. The van der Waals surface area contributed by atoms with Crippen molar-refractivity contribution in [2.45, 2.75) is 24.7 Å². The predicted octanol–water partition coefficient (Wildman–Crippen LogP) is 0.491. The Morgan fingerprint density at radius 1 is 1.17 bits per heavy atom. The quantitative estimate of drug-likeness (QED) is 0.621. The van der Waals surface area contributed by atoms with Crippen LogP contribution in [0.1, 0.15) is 30.1 Å². The monoisotopic (exact) mass is 356 g/mol. The van der Waals surface area contributed by atoms with E-state index in [0.717, 1.165) is 4.31 Å². The van der Waals surface area contributed by atoms with E-state index < -0.39 is 28.4 Å². The lowest BCUT2D eigenvalue weighted by atomic mass is 10.2. The van der Waals surface area contributed by atoms with Crippen molar-refractivity contribution in [2.24, 2.45) is 0 Å². The minimum atomic E-state index is -3.71. The van der Waals surface area contributed by atoms with Gasteiger partial charge in [-0.2, -0.15) is 0 Å². The molecule has 8 nitrogen and oxygen atoms in total. The number of nitrogens with zero attached hydrogens (tertiary/aromatic N) is 1. The fourth-order valence-corrected chi connectivity index (χ4v) is 3.10. The normalized spacial score (nSPS) is 11.3. The summed E-state index contributed by atoms with van der Waals surface area (Å²) in [7, 11) is -2.32. The molecule has 0 saturated heterocycles. The first-order valence-corrected chi connectivity index (χ1v) is 8.64. The third-order valence-electron chi connectivity index (χ3n) is 3.28. The Balaban J connectivity index is 2.59. The number of hydrogen-bond donors (Lipinski definition) is 2. The van der Waals surface area contributed by atoms with E-state index in [-0.39, 0.29) is 30.1 Å². The second-order valence-corrected chi connectivity index (χ2v) is 7.23. The van der Waals surface area contributed by atoms with Crippen LogP contribution in [0.15, 0.2) is 29.2 Å². The maximum Gasteiger partial charge on any atom is 0.322 e. The third-order valence-corrected chi connectivity index (χ3v) is 5.15. The second-order valence-electron chi connectivity index (χ2n) is 5.18. The zero-order valence-electron chi connectivity index (χ0n) is 13.5. The molecule has 0 unspecified atom stereocenters. The molecule has 0 aliphatic carbocycles. The van der Waals surface area contributed by atoms with Crippen LogP contribution in [0.3, 0.4) is 0 Å². The molecule has 0 heterocycles. The Hall–Kier alpha value is -2.26. The van der Waals surface area contributed by atoms with Gasteiger partial charge in [0.1, 0.15) is 6.54 Å². The van der Waals surface area contributed by atoms with Gasteiger partial charge >= 0.3 is 5.97 Å². The largest absolute Gasteiger partial charge is 0.480 e. The molecule has 1 rings (SSSR count). The zero-order chi connectivity index (χ0) is 18.3. The minimum Gasteiger partial charge on any atom is -0.480 e. The van der Waals surface area contributed by atoms with Crippen LogP contribution < -0.4 is 5.32 Å². The number of benzene rings is 1. The van der Waals surface area contributed by atoms with Crippen molar-refractivity contribution in [3.63, 3.8) is 0 Å². The van der Waals surface area contributed by atoms with Gasteiger partial charge in [0.15, 0.2) is 5.78 Å². The highest BCUT2D eigenvalue weighted by Gasteiger charge is 2.20. The molecule has 0 atom stereocenters. The zero-order valence-corrected chi connectivity index (χ0v) is 14.3. The first kappa shape index (κ1) is 19.8. The van der Waals surface area contributed by atoms with Crippen LogP contribution in [0, 0.1) is 0 Å².